The molecule has 0 spiro atoms. The Bertz CT molecular complexity index is 132. The van der Waals surface area contributed by atoms with Crippen molar-refractivity contribution in [3.63, 3.8) is 0 Å². The molecule has 0 unspecified atom stereocenters. The summed E-state index contributed by atoms with van der Waals surface area (Å²) in [5.74, 6) is 0.665. The van der Waals surface area contributed by atoms with Crippen molar-refractivity contribution in [2.45, 2.75) is 46.0 Å². The maximum absolute atomic E-state index is 10.9. The van der Waals surface area contributed by atoms with Crippen LogP contribution < -0.4 is 0 Å². The van der Waals surface area contributed by atoms with Gasteiger partial charge in [-0.1, -0.05) is 26.7 Å². The van der Waals surface area contributed by atoms with Crippen LogP contribution in [0.2, 0.25) is 0 Å². The van der Waals surface area contributed by atoms with E-state index in [1.807, 2.05) is 0 Å². The van der Waals surface area contributed by atoms with E-state index in [1.165, 1.54) is 19.1 Å². The Morgan fingerprint density at radius 2 is 1.91 bits per heavy atom. The van der Waals surface area contributed by atoms with Crippen molar-refractivity contribution < 1.29 is 4.79 Å². The SMILES string of the molecule is CC(C)CC1(C=O)CCCC1. The topological polar surface area (TPSA) is 17.1 Å². The summed E-state index contributed by atoms with van der Waals surface area (Å²) in [5, 5.41) is 0. The van der Waals surface area contributed by atoms with Crippen molar-refractivity contribution in [3.8, 4) is 0 Å². The molecule has 0 aromatic heterocycles. The number of carbonyl (C=O) groups is 1. The Morgan fingerprint density at radius 3 is 2.27 bits per heavy atom. The molecule has 0 aromatic carbocycles. The predicted octanol–water partition coefficient (Wildman–Crippen LogP) is 2.79. The Labute approximate surface area is 69.2 Å². The lowest BCUT2D eigenvalue weighted by atomic mass is 9.80. The van der Waals surface area contributed by atoms with E-state index in [0.717, 1.165) is 19.3 Å². The third kappa shape index (κ3) is 2.05. The predicted molar refractivity (Wildman–Crippen MR) is 46.4 cm³/mol. The number of aldehydes is 1. The zero-order valence-electron chi connectivity index (χ0n) is 7.60. The van der Waals surface area contributed by atoms with Gasteiger partial charge >= 0.3 is 0 Å². The molecule has 0 bridgehead atoms. The zero-order chi connectivity index (χ0) is 8.32. The third-order valence-electron chi connectivity index (χ3n) is 2.66. The second-order valence-electron chi connectivity index (χ2n) is 4.29. The van der Waals surface area contributed by atoms with E-state index < -0.39 is 0 Å². The second kappa shape index (κ2) is 3.38. The molecule has 1 rings (SSSR count). The van der Waals surface area contributed by atoms with Crippen LogP contribution in [0.5, 0.6) is 0 Å². The molecule has 0 radical (unpaired) electrons. The third-order valence-corrected chi connectivity index (χ3v) is 2.66. The Morgan fingerprint density at radius 1 is 1.36 bits per heavy atom. The molecule has 11 heavy (non-hydrogen) atoms. The van der Waals surface area contributed by atoms with E-state index in [1.54, 1.807) is 0 Å². The van der Waals surface area contributed by atoms with Crippen LogP contribution in [-0.4, -0.2) is 6.29 Å². The molecule has 1 aliphatic carbocycles. The second-order valence-corrected chi connectivity index (χ2v) is 4.29. The summed E-state index contributed by atoms with van der Waals surface area (Å²) in [6.45, 7) is 4.40. The first-order valence-electron chi connectivity index (χ1n) is 4.65. The van der Waals surface area contributed by atoms with Gasteiger partial charge in [0.2, 0.25) is 0 Å². The summed E-state index contributed by atoms with van der Waals surface area (Å²) in [5.41, 5.74) is 0.0775. The summed E-state index contributed by atoms with van der Waals surface area (Å²) in [4.78, 5) is 10.9. The highest BCUT2D eigenvalue weighted by Crippen LogP contribution is 2.41. The standard InChI is InChI=1S/C10H18O/c1-9(2)7-10(8-11)5-3-4-6-10/h8-9H,3-7H2,1-2H3. The molecule has 0 amide bonds. The molecule has 0 N–H and O–H groups in total. The minimum Gasteiger partial charge on any atom is -0.303 e. The van der Waals surface area contributed by atoms with Gasteiger partial charge in [-0.15, -0.1) is 0 Å². The van der Waals surface area contributed by atoms with Gasteiger partial charge in [0.15, 0.2) is 0 Å². The minimum absolute atomic E-state index is 0.0775. The molecule has 1 aliphatic rings. The molecule has 1 nitrogen and oxygen atoms in total. The van der Waals surface area contributed by atoms with Gasteiger partial charge in [-0.3, -0.25) is 0 Å². The van der Waals surface area contributed by atoms with E-state index in [-0.39, 0.29) is 5.41 Å². The van der Waals surface area contributed by atoms with Crippen molar-refractivity contribution in [2.24, 2.45) is 11.3 Å². The molecular formula is C10H18O. The van der Waals surface area contributed by atoms with Crippen LogP contribution in [0.3, 0.4) is 0 Å². The fraction of sp³-hybridized carbons (Fsp3) is 0.900. The molecule has 64 valence electrons. The first-order chi connectivity index (χ1) is 5.18. The quantitative estimate of drug-likeness (QED) is 0.571. The van der Waals surface area contributed by atoms with Crippen molar-refractivity contribution in [3.05, 3.63) is 0 Å². The molecular weight excluding hydrogens is 136 g/mol. The average Bonchev–Trinajstić information content (AvgIpc) is 2.36. The van der Waals surface area contributed by atoms with Crippen LogP contribution in [0.4, 0.5) is 0 Å². The van der Waals surface area contributed by atoms with Gasteiger partial charge in [0.05, 0.1) is 0 Å². The van der Waals surface area contributed by atoms with E-state index in [0.29, 0.717) is 5.92 Å². The Hall–Kier alpha value is -0.330. The van der Waals surface area contributed by atoms with Crippen LogP contribution in [-0.2, 0) is 4.79 Å². The highest BCUT2D eigenvalue weighted by atomic mass is 16.1. The first kappa shape index (κ1) is 8.76. The molecule has 1 saturated carbocycles. The average molecular weight is 154 g/mol. The van der Waals surface area contributed by atoms with Gasteiger partial charge in [-0.2, -0.15) is 0 Å². The summed E-state index contributed by atoms with van der Waals surface area (Å²) >= 11 is 0. The lowest BCUT2D eigenvalue weighted by molar-refractivity contribution is -0.116. The number of carbonyl (C=O) groups excluding carboxylic acids is 1. The number of rotatable bonds is 3. The lowest BCUT2D eigenvalue weighted by Crippen LogP contribution is -2.20. The zero-order valence-corrected chi connectivity index (χ0v) is 7.60. The van der Waals surface area contributed by atoms with Crippen LogP contribution in [0.15, 0.2) is 0 Å². The highest BCUT2D eigenvalue weighted by Gasteiger charge is 2.33. The van der Waals surface area contributed by atoms with Gasteiger partial charge in [0.25, 0.3) is 0 Å². The van der Waals surface area contributed by atoms with Crippen LogP contribution >= 0.6 is 0 Å². The van der Waals surface area contributed by atoms with Crippen molar-refractivity contribution in [1.29, 1.82) is 0 Å². The van der Waals surface area contributed by atoms with Crippen LogP contribution in [0.1, 0.15) is 46.0 Å². The molecule has 0 aliphatic heterocycles. The van der Waals surface area contributed by atoms with Crippen molar-refractivity contribution in [1.82, 2.24) is 0 Å². The molecule has 1 fully saturated rings. The van der Waals surface area contributed by atoms with Crippen LogP contribution in [0, 0.1) is 11.3 Å². The van der Waals surface area contributed by atoms with E-state index >= 15 is 0 Å². The summed E-state index contributed by atoms with van der Waals surface area (Å²) < 4.78 is 0. The highest BCUT2D eigenvalue weighted by molar-refractivity contribution is 5.59. The van der Waals surface area contributed by atoms with Gasteiger partial charge < -0.3 is 4.79 Å². The minimum atomic E-state index is 0.0775. The number of hydrogen-bond donors (Lipinski definition) is 0. The van der Waals surface area contributed by atoms with Crippen molar-refractivity contribution >= 4 is 6.29 Å². The maximum Gasteiger partial charge on any atom is 0.126 e. The van der Waals surface area contributed by atoms with E-state index in [4.69, 9.17) is 0 Å². The van der Waals surface area contributed by atoms with Gasteiger partial charge in [0.1, 0.15) is 6.29 Å². The molecule has 0 saturated heterocycles. The summed E-state index contributed by atoms with van der Waals surface area (Å²) in [6.07, 6.45) is 7.08. The van der Waals surface area contributed by atoms with E-state index in [2.05, 4.69) is 13.8 Å². The molecule has 0 atom stereocenters. The summed E-state index contributed by atoms with van der Waals surface area (Å²) in [6, 6.07) is 0. The Balaban J connectivity index is 2.52. The smallest absolute Gasteiger partial charge is 0.126 e. The van der Waals surface area contributed by atoms with Crippen molar-refractivity contribution in [2.75, 3.05) is 0 Å². The van der Waals surface area contributed by atoms with Gasteiger partial charge in [0, 0.05) is 5.41 Å². The number of hydrogen-bond acceptors (Lipinski definition) is 1. The normalized spacial score (nSPS) is 22.5. The van der Waals surface area contributed by atoms with Crippen LogP contribution in [0.25, 0.3) is 0 Å². The molecule has 0 aromatic rings. The Kier molecular flexibility index (Phi) is 2.69. The summed E-state index contributed by atoms with van der Waals surface area (Å²) in [7, 11) is 0. The lowest BCUT2D eigenvalue weighted by Gasteiger charge is -2.23. The largest absolute Gasteiger partial charge is 0.303 e. The maximum atomic E-state index is 10.9. The first-order valence-corrected chi connectivity index (χ1v) is 4.65. The van der Waals surface area contributed by atoms with Gasteiger partial charge in [-0.05, 0) is 25.2 Å². The fourth-order valence-corrected chi connectivity index (χ4v) is 2.26. The molecule has 0 heterocycles. The monoisotopic (exact) mass is 154 g/mol. The fourth-order valence-electron chi connectivity index (χ4n) is 2.26. The van der Waals surface area contributed by atoms with E-state index in [9.17, 15) is 4.79 Å². The van der Waals surface area contributed by atoms with Gasteiger partial charge in [-0.25, -0.2) is 0 Å². The molecule has 1 heteroatoms.